The normalized spacial score (nSPS) is 9.79. The molecule has 0 bridgehead atoms. The van der Waals surface area contributed by atoms with E-state index in [1.165, 1.54) is 7.11 Å². The number of anilines is 1. The van der Waals surface area contributed by atoms with Crippen LogP contribution in [0.25, 0.3) is 0 Å². The zero-order chi connectivity index (χ0) is 14.1. The molecule has 2 N–H and O–H groups in total. The Morgan fingerprint density at radius 3 is 2.47 bits per heavy atom. The van der Waals surface area contributed by atoms with Gasteiger partial charge < -0.3 is 20.1 Å². The Kier molecular flexibility index (Phi) is 6.38. The van der Waals surface area contributed by atoms with Crippen molar-refractivity contribution in [3.63, 3.8) is 0 Å². The zero-order valence-electron chi connectivity index (χ0n) is 11.1. The Hall–Kier alpha value is -2.08. The summed E-state index contributed by atoms with van der Waals surface area (Å²) in [5, 5.41) is 5.66. The molecule has 6 heteroatoms. The van der Waals surface area contributed by atoms with Gasteiger partial charge in [0.05, 0.1) is 7.11 Å². The molecule has 0 heterocycles. The molecule has 0 fully saturated rings. The van der Waals surface area contributed by atoms with Gasteiger partial charge in [-0.15, -0.1) is 0 Å². The summed E-state index contributed by atoms with van der Waals surface area (Å²) in [6.45, 7) is 0.497. The minimum atomic E-state index is -0.440. The number of hydrogen-bond donors (Lipinski definition) is 2. The third-order valence-corrected chi connectivity index (χ3v) is 2.32. The lowest BCUT2D eigenvalue weighted by Crippen LogP contribution is -2.18. The van der Waals surface area contributed by atoms with Crippen LogP contribution in [0.1, 0.15) is 6.42 Å². The molecule has 0 aromatic heterocycles. The van der Waals surface area contributed by atoms with Crippen molar-refractivity contribution in [2.45, 2.75) is 6.42 Å². The third-order valence-electron chi connectivity index (χ3n) is 2.32. The molecule has 1 aromatic rings. The molecule has 0 aliphatic rings. The van der Waals surface area contributed by atoms with E-state index in [9.17, 15) is 9.59 Å². The maximum atomic E-state index is 11.5. The lowest BCUT2D eigenvalue weighted by Gasteiger charge is -2.07. The molecule has 1 amide bonds. The second kappa shape index (κ2) is 8.10. The van der Waals surface area contributed by atoms with Gasteiger partial charge in [-0.1, -0.05) is 0 Å². The summed E-state index contributed by atoms with van der Waals surface area (Å²) in [4.78, 5) is 22.4. The average molecular weight is 266 g/mol. The summed E-state index contributed by atoms with van der Waals surface area (Å²) in [7, 11) is 3.09. The number of nitrogens with one attached hydrogen (secondary N) is 2. The van der Waals surface area contributed by atoms with Gasteiger partial charge in [0.15, 0.2) is 6.61 Å². The highest BCUT2D eigenvalue weighted by Gasteiger charge is 2.03. The first-order valence-corrected chi connectivity index (χ1v) is 5.90. The van der Waals surface area contributed by atoms with Gasteiger partial charge in [-0.3, -0.25) is 4.79 Å². The van der Waals surface area contributed by atoms with E-state index in [0.717, 1.165) is 0 Å². The summed E-state index contributed by atoms with van der Waals surface area (Å²) in [5.74, 6) is 0.0423. The number of ether oxygens (including phenoxy) is 2. The monoisotopic (exact) mass is 266 g/mol. The van der Waals surface area contributed by atoms with Crippen LogP contribution in [0.4, 0.5) is 5.69 Å². The van der Waals surface area contributed by atoms with E-state index in [1.807, 2.05) is 0 Å². The van der Waals surface area contributed by atoms with Crippen molar-refractivity contribution in [2.75, 3.05) is 32.6 Å². The Balaban J connectivity index is 2.43. The van der Waals surface area contributed by atoms with Crippen LogP contribution in [-0.2, 0) is 14.3 Å². The summed E-state index contributed by atoms with van der Waals surface area (Å²) >= 11 is 0. The highest BCUT2D eigenvalue weighted by atomic mass is 16.6. The SMILES string of the molecule is CNCCC(=O)Nc1ccc(OCC(=O)OC)cc1. The number of benzene rings is 1. The first-order chi connectivity index (χ1) is 9.15. The smallest absolute Gasteiger partial charge is 0.343 e. The molecule has 19 heavy (non-hydrogen) atoms. The number of carbonyl (C=O) groups is 2. The van der Waals surface area contributed by atoms with Gasteiger partial charge in [0.25, 0.3) is 0 Å². The molecule has 0 saturated heterocycles. The van der Waals surface area contributed by atoms with Gasteiger partial charge in [0.2, 0.25) is 5.91 Å². The van der Waals surface area contributed by atoms with Crippen LogP contribution >= 0.6 is 0 Å². The number of amides is 1. The number of rotatable bonds is 7. The topological polar surface area (TPSA) is 76.7 Å². The van der Waals surface area contributed by atoms with E-state index in [2.05, 4.69) is 15.4 Å². The molecule has 0 radical (unpaired) electrons. The second-order valence-electron chi connectivity index (χ2n) is 3.79. The fourth-order valence-corrected chi connectivity index (χ4v) is 1.30. The van der Waals surface area contributed by atoms with Crippen molar-refractivity contribution >= 4 is 17.6 Å². The third kappa shape index (κ3) is 5.87. The van der Waals surface area contributed by atoms with Crippen molar-refractivity contribution in [3.8, 4) is 5.75 Å². The highest BCUT2D eigenvalue weighted by Crippen LogP contribution is 2.15. The lowest BCUT2D eigenvalue weighted by molar-refractivity contribution is -0.142. The Bertz CT molecular complexity index is 417. The van der Waals surface area contributed by atoms with Gasteiger partial charge in [0, 0.05) is 18.7 Å². The van der Waals surface area contributed by atoms with Crippen molar-refractivity contribution in [2.24, 2.45) is 0 Å². The predicted molar refractivity (Wildman–Crippen MR) is 71.1 cm³/mol. The molecular weight excluding hydrogens is 248 g/mol. The molecule has 0 unspecified atom stereocenters. The van der Waals surface area contributed by atoms with Crippen LogP contribution in [0.15, 0.2) is 24.3 Å². The van der Waals surface area contributed by atoms with Crippen LogP contribution < -0.4 is 15.4 Å². The van der Waals surface area contributed by atoms with Crippen molar-refractivity contribution in [1.29, 1.82) is 0 Å². The Morgan fingerprint density at radius 1 is 1.21 bits per heavy atom. The molecule has 0 atom stereocenters. The van der Waals surface area contributed by atoms with Crippen molar-refractivity contribution < 1.29 is 19.1 Å². The molecule has 1 aromatic carbocycles. The molecule has 0 saturated carbocycles. The van der Waals surface area contributed by atoms with Crippen LogP contribution in [-0.4, -0.2) is 39.2 Å². The van der Waals surface area contributed by atoms with Crippen molar-refractivity contribution in [3.05, 3.63) is 24.3 Å². The summed E-state index contributed by atoms with van der Waals surface area (Å²) < 4.78 is 9.65. The van der Waals surface area contributed by atoms with E-state index in [0.29, 0.717) is 24.4 Å². The van der Waals surface area contributed by atoms with E-state index in [4.69, 9.17) is 4.74 Å². The summed E-state index contributed by atoms with van der Waals surface area (Å²) in [6.07, 6.45) is 0.414. The first kappa shape index (κ1) is 15.0. The Labute approximate surface area is 112 Å². The maximum Gasteiger partial charge on any atom is 0.343 e. The van der Waals surface area contributed by atoms with Gasteiger partial charge in [-0.25, -0.2) is 4.79 Å². The van der Waals surface area contributed by atoms with Gasteiger partial charge in [0.1, 0.15) is 5.75 Å². The molecule has 0 aliphatic heterocycles. The number of methoxy groups -OCH3 is 1. The molecular formula is C13H18N2O4. The molecule has 104 valence electrons. The summed E-state index contributed by atoms with van der Waals surface area (Å²) in [6, 6.07) is 6.78. The molecule has 6 nitrogen and oxygen atoms in total. The minimum Gasteiger partial charge on any atom is -0.482 e. The first-order valence-electron chi connectivity index (χ1n) is 5.90. The van der Waals surface area contributed by atoms with Crippen LogP contribution in [0.5, 0.6) is 5.75 Å². The fraction of sp³-hybridized carbons (Fsp3) is 0.385. The van der Waals surface area contributed by atoms with Crippen LogP contribution in [0.3, 0.4) is 0 Å². The highest BCUT2D eigenvalue weighted by molar-refractivity contribution is 5.90. The minimum absolute atomic E-state index is 0.0578. The molecule has 0 aliphatic carbocycles. The average Bonchev–Trinajstić information content (AvgIpc) is 2.44. The Morgan fingerprint density at radius 2 is 1.89 bits per heavy atom. The van der Waals surface area contributed by atoms with E-state index >= 15 is 0 Å². The predicted octanol–water partition coefficient (Wildman–Crippen LogP) is 0.786. The number of carbonyl (C=O) groups excluding carboxylic acids is 2. The maximum absolute atomic E-state index is 11.5. The van der Waals surface area contributed by atoms with E-state index in [-0.39, 0.29) is 12.5 Å². The van der Waals surface area contributed by atoms with Crippen LogP contribution in [0.2, 0.25) is 0 Å². The van der Waals surface area contributed by atoms with E-state index in [1.54, 1.807) is 31.3 Å². The van der Waals surface area contributed by atoms with Gasteiger partial charge in [-0.2, -0.15) is 0 Å². The summed E-state index contributed by atoms with van der Waals surface area (Å²) in [5.41, 5.74) is 0.687. The van der Waals surface area contributed by atoms with Crippen LogP contribution in [0, 0.1) is 0 Å². The fourth-order valence-electron chi connectivity index (χ4n) is 1.30. The van der Waals surface area contributed by atoms with E-state index < -0.39 is 5.97 Å². The number of esters is 1. The molecule has 0 spiro atoms. The molecule has 1 rings (SSSR count). The quantitative estimate of drug-likeness (QED) is 0.713. The lowest BCUT2D eigenvalue weighted by atomic mass is 10.3. The standard InChI is InChI=1S/C13H18N2O4/c1-14-8-7-12(16)15-10-3-5-11(6-4-10)19-9-13(17)18-2/h3-6,14H,7-9H2,1-2H3,(H,15,16). The largest absolute Gasteiger partial charge is 0.482 e. The second-order valence-corrected chi connectivity index (χ2v) is 3.79. The van der Waals surface area contributed by atoms with Crippen molar-refractivity contribution in [1.82, 2.24) is 5.32 Å². The van der Waals surface area contributed by atoms with Gasteiger partial charge in [-0.05, 0) is 31.3 Å². The number of hydrogen-bond acceptors (Lipinski definition) is 5. The van der Waals surface area contributed by atoms with Gasteiger partial charge >= 0.3 is 5.97 Å². The zero-order valence-corrected chi connectivity index (χ0v) is 11.1.